The van der Waals surface area contributed by atoms with Crippen LogP contribution < -0.4 is 4.72 Å². The van der Waals surface area contributed by atoms with E-state index in [4.69, 9.17) is 14.1 Å². The number of carbonyl (C=O) groups excluding carboxylic acids is 2. The Bertz CT molecular complexity index is 776. The van der Waals surface area contributed by atoms with Crippen molar-refractivity contribution in [2.24, 2.45) is 5.16 Å². The van der Waals surface area contributed by atoms with Crippen molar-refractivity contribution in [3.8, 4) is 0 Å². The number of aromatic nitrogens is 1. The van der Waals surface area contributed by atoms with Crippen molar-refractivity contribution in [3.63, 3.8) is 0 Å². The molecule has 0 radical (unpaired) electrons. The van der Waals surface area contributed by atoms with Crippen molar-refractivity contribution in [2.45, 2.75) is 45.8 Å². The van der Waals surface area contributed by atoms with Gasteiger partial charge < -0.3 is 9.57 Å². The van der Waals surface area contributed by atoms with Crippen LogP contribution in [0.2, 0.25) is 0 Å². The van der Waals surface area contributed by atoms with Crippen LogP contribution >= 0.6 is 11.3 Å². The molecule has 1 rings (SSSR count). The number of aldehydes is 1. The number of carbonyl (C=O) groups is 2. The smallest absolute Gasteiger partial charge is 0.359 e. The number of ether oxygens (including phenoxy) is 1. The Balaban J connectivity index is 2.93. The molecule has 0 aliphatic heterocycles. The SMILES string of the molecule is CC(C)(C)OC(=O)C(C)(C)O/N=C(/C=O)c1csc(NS(=O)(=O)O)n1. The van der Waals surface area contributed by atoms with Crippen LogP contribution in [0.4, 0.5) is 5.13 Å². The van der Waals surface area contributed by atoms with Gasteiger partial charge in [0.05, 0.1) is 0 Å². The molecule has 0 unspecified atom stereocenters. The first-order chi connectivity index (χ1) is 11.2. The first-order valence-electron chi connectivity index (χ1n) is 6.89. The second kappa shape index (κ2) is 7.45. The molecule has 10 nitrogen and oxygen atoms in total. The van der Waals surface area contributed by atoms with Gasteiger partial charge in [-0.25, -0.2) is 14.5 Å². The first kappa shape index (κ1) is 21.0. The topological polar surface area (TPSA) is 144 Å². The summed E-state index contributed by atoms with van der Waals surface area (Å²) in [5, 5.41) is 4.75. The van der Waals surface area contributed by atoms with Crippen molar-refractivity contribution in [1.82, 2.24) is 4.98 Å². The lowest BCUT2D eigenvalue weighted by atomic mass is 10.1. The predicted molar refractivity (Wildman–Crippen MR) is 90.9 cm³/mol. The summed E-state index contributed by atoms with van der Waals surface area (Å²) in [6.45, 7) is 7.92. The Morgan fingerprint density at radius 3 is 2.44 bits per heavy atom. The van der Waals surface area contributed by atoms with E-state index in [1.165, 1.54) is 19.2 Å². The number of hydrogen-bond donors (Lipinski definition) is 2. The third kappa shape index (κ3) is 7.15. The Kier molecular flexibility index (Phi) is 6.26. The Hall–Kier alpha value is -2.05. The third-order valence-electron chi connectivity index (χ3n) is 2.36. The minimum Gasteiger partial charge on any atom is -0.457 e. The van der Waals surface area contributed by atoms with Crippen LogP contribution in [0, 0.1) is 0 Å². The molecule has 1 aromatic heterocycles. The molecular formula is C13H19N3O7S2. The molecule has 0 bridgehead atoms. The summed E-state index contributed by atoms with van der Waals surface area (Å²) in [5.41, 5.74) is -2.45. The molecule has 1 aromatic rings. The number of esters is 1. The number of nitrogens with zero attached hydrogens (tertiary/aromatic N) is 2. The lowest BCUT2D eigenvalue weighted by Crippen LogP contribution is -2.40. The first-order valence-corrected chi connectivity index (χ1v) is 9.21. The molecule has 0 saturated heterocycles. The van der Waals surface area contributed by atoms with Crippen LogP contribution in [0.5, 0.6) is 0 Å². The zero-order valence-electron chi connectivity index (χ0n) is 14.3. The summed E-state index contributed by atoms with van der Waals surface area (Å²) in [6.07, 6.45) is 0.331. The lowest BCUT2D eigenvalue weighted by molar-refractivity contribution is -0.179. The second-order valence-electron chi connectivity index (χ2n) is 6.31. The van der Waals surface area contributed by atoms with Crippen LogP contribution in [0.1, 0.15) is 40.3 Å². The van der Waals surface area contributed by atoms with Gasteiger partial charge in [-0.15, -0.1) is 11.3 Å². The van der Waals surface area contributed by atoms with Gasteiger partial charge in [0, 0.05) is 5.38 Å². The Morgan fingerprint density at radius 2 is 1.96 bits per heavy atom. The molecule has 0 aromatic carbocycles. The highest BCUT2D eigenvalue weighted by molar-refractivity contribution is 7.87. The van der Waals surface area contributed by atoms with Crippen molar-refractivity contribution in [2.75, 3.05) is 4.72 Å². The van der Waals surface area contributed by atoms with Crippen molar-refractivity contribution < 1.29 is 32.1 Å². The average molecular weight is 393 g/mol. The number of thiazole rings is 1. The maximum atomic E-state index is 12.1. The zero-order chi connectivity index (χ0) is 19.5. The molecule has 0 aliphatic rings. The second-order valence-corrected chi connectivity index (χ2v) is 8.33. The standard InChI is InChI=1S/C13H19N3O7S2/c1-12(2,3)22-10(18)13(4,5)23-15-8(6-17)9-7-24-11(14-9)16-25(19,20)21/h6-7H,1-5H3,(H,14,16)(H,19,20,21)/b15-8-. The third-order valence-corrected chi connectivity index (χ3v) is 3.70. The van der Waals surface area contributed by atoms with E-state index in [-0.39, 0.29) is 16.5 Å². The molecule has 12 heteroatoms. The van der Waals surface area contributed by atoms with Crippen LogP contribution in [0.3, 0.4) is 0 Å². The number of hydrogen-bond acceptors (Lipinski definition) is 9. The van der Waals surface area contributed by atoms with Crippen LogP contribution in [-0.2, 0) is 29.5 Å². The number of nitrogens with one attached hydrogen (secondary N) is 1. The Morgan fingerprint density at radius 1 is 1.36 bits per heavy atom. The number of rotatable bonds is 7. The largest absolute Gasteiger partial charge is 0.457 e. The molecule has 0 atom stereocenters. The zero-order valence-corrected chi connectivity index (χ0v) is 15.9. The van der Waals surface area contributed by atoms with E-state index in [2.05, 4.69) is 10.1 Å². The van der Waals surface area contributed by atoms with Gasteiger partial charge in [-0.2, -0.15) is 8.42 Å². The predicted octanol–water partition coefficient (Wildman–Crippen LogP) is 1.40. The number of anilines is 1. The monoisotopic (exact) mass is 393 g/mol. The van der Waals surface area contributed by atoms with Crippen LogP contribution in [0.25, 0.3) is 0 Å². The fourth-order valence-corrected chi connectivity index (χ4v) is 2.60. The van der Waals surface area contributed by atoms with Gasteiger partial charge in [-0.05, 0) is 34.6 Å². The summed E-state index contributed by atoms with van der Waals surface area (Å²) in [5.74, 6) is -0.680. The van der Waals surface area contributed by atoms with Gasteiger partial charge in [0.2, 0.25) is 5.60 Å². The highest BCUT2D eigenvalue weighted by Crippen LogP contribution is 2.20. The fraction of sp³-hybridized carbons (Fsp3) is 0.538. The Labute approximate surface area is 149 Å². The highest BCUT2D eigenvalue weighted by atomic mass is 32.2. The summed E-state index contributed by atoms with van der Waals surface area (Å²) in [6, 6.07) is 0. The molecule has 140 valence electrons. The molecular weight excluding hydrogens is 374 g/mol. The molecule has 0 saturated carbocycles. The normalized spacial score (nSPS) is 13.3. The van der Waals surface area contributed by atoms with E-state index >= 15 is 0 Å². The molecule has 1 heterocycles. The van der Waals surface area contributed by atoms with E-state index in [1.807, 2.05) is 0 Å². The van der Waals surface area contributed by atoms with Crippen molar-refractivity contribution in [3.05, 3.63) is 11.1 Å². The van der Waals surface area contributed by atoms with E-state index in [1.54, 1.807) is 25.5 Å². The maximum Gasteiger partial charge on any atom is 0.359 e. The quantitative estimate of drug-likeness (QED) is 0.232. The number of oxime groups is 1. The lowest BCUT2D eigenvalue weighted by Gasteiger charge is -2.26. The maximum absolute atomic E-state index is 12.1. The van der Waals surface area contributed by atoms with Crippen molar-refractivity contribution in [1.29, 1.82) is 0 Å². The van der Waals surface area contributed by atoms with Gasteiger partial charge in [0.1, 0.15) is 11.3 Å². The fourth-order valence-electron chi connectivity index (χ4n) is 1.28. The van der Waals surface area contributed by atoms with E-state index < -0.39 is 27.5 Å². The molecule has 0 spiro atoms. The molecule has 0 fully saturated rings. The van der Waals surface area contributed by atoms with Crippen molar-refractivity contribution >= 4 is 44.7 Å². The van der Waals surface area contributed by atoms with Crippen LogP contribution in [0.15, 0.2) is 10.5 Å². The van der Waals surface area contributed by atoms with E-state index in [0.29, 0.717) is 6.29 Å². The summed E-state index contributed by atoms with van der Waals surface area (Å²) >= 11 is 0.819. The van der Waals surface area contributed by atoms with Gasteiger partial charge in [0.25, 0.3) is 0 Å². The molecule has 25 heavy (non-hydrogen) atoms. The average Bonchev–Trinajstić information content (AvgIpc) is 2.83. The minimum atomic E-state index is -4.48. The summed E-state index contributed by atoms with van der Waals surface area (Å²) in [4.78, 5) is 32.1. The molecule has 0 amide bonds. The summed E-state index contributed by atoms with van der Waals surface area (Å²) < 4.78 is 37.1. The van der Waals surface area contributed by atoms with E-state index in [0.717, 1.165) is 11.3 Å². The van der Waals surface area contributed by atoms with Gasteiger partial charge >= 0.3 is 16.3 Å². The van der Waals surface area contributed by atoms with Gasteiger partial charge in [-0.1, -0.05) is 5.16 Å². The van der Waals surface area contributed by atoms with Crippen LogP contribution in [-0.4, -0.2) is 47.1 Å². The van der Waals surface area contributed by atoms with Gasteiger partial charge in [-0.3, -0.25) is 9.35 Å². The molecule has 2 N–H and O–H groups in total. The highest BCUT2D eigenvalue weighted by Gasteiger charge is 2.35. The van der Waals surface area contributed by atoms with Gasteiger partial charge in [0.15, 0.2) is 17.1 Å². The van der Waals surface area contributed by atoms with E-state index in [9.17, 15) is 18.0 Å². The molecule has 0 aliphatic carbocycles. The minimum absolute atomic E-state index is 0.00568. The summed E-state index contributed by atoms with van der Waals surface area (Å²) in [7, 11) is -4.48.